The van der Waals surface area contributed by atoms with Crippen LogP contribution < -0.4 is 5.32 Å². The Morgan fingerprint density at radius 2 is 1.88 bits per heavy atom. The SMILES string of the molecule is Cc1ccc(-c2cnc(CCC(=O)OC(C)C(=O)NC(C)(C)C)o2)cc1. The minimum absolute atomic E-state index is 0.0982. The van der Waals surface area contributed by atoms with Crippen molar-refractivity contribution in [3.63, 3.8) is 0 Å². The van der Waals surface area contributed by atoms with Crippen molar-refractivity contribution in [3.05, 3.63) is 41.9 Å². The summed E-state index contributed by atoms with van der Waals surface area (Å²) in [6, 6.07) is 7.92. The number of aryl methyl sites for hydroxylation is 2. The molecule has 0 bridgehead atoms. The highest BCUT2D eigenvalue weighted by Gasteiger charge is 2.22. The molecule has 0 aliphatic heterocycles. The maximum atomic E-state index is 11.9. The molecule has 1 amide bonds. The Hall–Kier alpha value is -2.63. The molecular formula is C20H26N2O4. The second-order valence-electron chi connectivity index (χ2n) is 7.36. The Morgan fingerprint density at radius 1 is 1.23 bits per heavy atom. The van der Waals surface area contributed by atoms with Crippen molar-refractivity contribution < 1.29 is 18.7 Å². The number of esters is 1. The minimum Gasteiger partial charge on any atom is -0.453 e. The van der Waals surface area contributed by atoms with Gasteiger partial charge in [-0.05, 0) is 34.6 Å². The summed E-state index contributed by atoms with van der Waals surface area (Å²) in [5.41, 5.74) is 1.73. The number of nitrogens with zero attached hydrogens (tertiary/aromatic N) is 1. The fraction of sp³-hybridized carbons (Fsp3) is 0.450. The van der Waals surface area contributed by atoms with E-state index < -0.39 is 12.1 Å². The van der Waals surface area contributed by atoms with Crippen LogP contribution in [0.15, 0.2) is 34.9 Å². The lowest BCUT2D eigenvalue weighted by Crippen LogP contribution is -2.46. The molecule has 1 heterocycles. The van der Waals surface area contributed by atoms with E-state index >= 15 is 0 Å². The van der Waals surface area contributed by atoms with Gasteiger partial charge in [0.05, 0.1) is 12.6 Å². The highest BCUT2D eigenvalue weighted by atomic mass is 16.5. The van der Waals surface area contributed by atoms with Crippen molar-refractivity contribution in [3.8, 4) is 11.3 Å². The van der Waals surface area contributed by atoms with E-state index in [2.05, 4.69) is 10.3 Å². The molecular weight excluding hydrogens is 332 g/mol. The zero-order valence-electron chi connectivity index (χ0n) is 16.0. The van der Waals surface area contributed by atoms with Crippen LogP contribution >= 0.6 is 0 Å². The van der Waals surface area contributed by atoms with Crippen molar-refractivity contribution in [2.75, 3.05) is 0 Å². The maximum Gasteiger partial charge on any atom is 0.307 e. The number of aromatic nitrogens is 1. The van der Waals surface area contributed by atoms with Gasteiger partial charge in [-0.1, -0.05) is 29.8 Å². The van der Waals surface area contributed by atoms with Crippen molar-refractivity contribution in [1.82, 2.24) is 10.3 Å². The van der Waals surface area contributed by atoms with Crippen LogP contribution in [0.25, 0.3) is 11.3 Å². The zero-order valence-corrected chi connectivity index (χ0v) is 16.0. The van der Waals surface area contributed by atoms with E-state index in [-0.39, 0.29) is 17.9 Å². The first-order valence-corrected chi connectivity index (χ1v) is 8.67. The van der Waals surface area contributed by atoms with Gasteiger partial charge in [-0.2, -0.15) is 0 Å². The molecule has 0 saturated carbocycles. The van der Waals surface area contributed by atoms with Gasteiger partial charge >= 0.3 is 5.97 Å². The summed E-state index contributed by atoms with van der Waals surface area (Å²) in [6.45, 7) is 9.18. The van der Waals surface area contributed by atoms with Gasteiger partial charge in [0.25, 0.3) is 5.91 Å². The third-order valence-corrected chi connectivity index (χ3v) is 3.61. The summed E-state index contributed by atoms with van der Waals surface area (Å²) in [6.07, 6.45) is 1.22. The molecule has 1 aromatic heterocycles. The molecule has 6 heteroatoms. The fourth-order valence-electron chi connectivity index (χ4n) is 2.27. The second-order valence-corrected chi connectivity index (χ2v) is 7.36. The summed E-state index contributed by atoms with van der Waals surface area (Å²) in [4.78, 5) is 28.1. The van der Waals surface area contributed by atoms with Crippen LogP contribution in [0.2, 0.25) is 0 Å². The van der Waals surface area contributed by atoms with Gasteiger partial charge in [0.1, 0.15) is 0 Å². The fourth-order valence-corrected chi connectivity index (χ4v) is 2.27. The zero-order chi connectivity index (χ0) is 19.3. The van der Waals surface area contributed by atoms with E-state index in [0.29, 0.717) is 18.1 Å². The third kappa shape index (κ3) is 6.02. The standard InChI is InChI=1S/C20H26N2O4/c1-13-6-8-15(9-7-13)16-12-21-17(26-16)10-11-18(23)25-14(2)19(24)22-20(3,4)5/h6-9,12,14H,10-11H2,1-5H3,(H,22,24). The van der Waals surface area contributed by atoms with Crippen LogP contribution in [-0.2, 0) is 20.7 Å². The molecule has 1 atom stereocenters. The number of amides is 1. The van der Waals surface area contributed by atoms with E-state index in [0.717, 1.165) is 5.56 Å². The number of rotatable bonds is 6. The molecule has 26 heavy (non-hydrogen) atoms. The molecule has 0 fully saturated rings. The summed E-state index contributed by atoms with van der Waals surface area (Å²) in [5.74, 6) is 0.343. The van der Waals surface area contributed by atoms with E-state index in [9.17, 15) is 9.59 Å². The smallest absolute Gasteiger partial charge is 0.307 e. The molecule has 0 spiro atoms. The normalized spacial score (nSPS) is 12.5. The highest BCUT2D eigenvalue weighted by molar-refractivity contribution is 5.83. The van der Waals surface area contributed by atoms with E-state index in [1.54, 1.807) is 13.1 Å². The first kappa shape index (κ1) is 19.7. The average molecular weight is 358 g/mol. The van der Waals surface area contributed by atoms with E-state index in [4.69, 9.17) is 9.15 Å². The predicted octanol–water partition coefficient (Wildman–Crippen LogP) is 3.43. The van der Waals surface area contributed by atoms with Gasteiger partial charge in [0.15, 0.2) is 17.8 Å². The molecule has 1 aromatic carbocycles. The molecule has 1 unspecified atom stereocenters. The van der Waals surface area contributed by atoms with Crippen LogP contribution in [0, 0.1) is 6.92 Å². The first-order chi connectivity index (χ1) is 12.1. The van der Waals surface area contributed by atoms with Crippen molar-refractivity contribution in [2.45, 2.75) is 59.1 Å². The number of hydrogen-bond donors (Lipinski definition) is 1. The average Bonchev–Trinajstić information content (AvgIpc) is 3.01. The van der Waals surface area contributed by atoms with E-state index in [1.807, 2.05) is 52.0 Å². The molecule has 0 aliphatic rings. The summed E-state index contributed by atoms with van der Waals surface area (Å²) >= 11 is 0. The Kier molecular flexibility index (Phi) is 6.18. The van der Waals surface area contributed by atoms with Gasteiger partial charge < -0.3 is 14.5 Å². The van der Waals surface area contributed by atoms with Crippen molar-refractivity contribution >= 4 is 11.9 Å². The Bertz CT molecular complexity index is 757. The van der Waals surface area contributed by atoms with Crippen LogP contribution in [0.4, 0.5) is 0 Å². The number of ether oxygens (including phenoxy) is 1. The maximum absolute atomic E-state index is 11.9. The Morgan fingerprint density at radius 3 is 2.50 bits per heavy atom. The highest BCUT2D eigenvalue weighted by Crippen LogP contribution is 2.21. The molecule has 6 nitrogen and oxygen atoms in total. The number of hydrogen-bond acceptors (Lipinski definition) is 5. The van der Waals surface area contributed by atoms with Gasteiger partial charge in [0, 0.05) is 17.5 Å². The molecule has 0 radical (unpaired) electrons. The Balaban J connectivity index is 1.84. The third-order valence-electron chi connectivity index (χ3n) is 3.61. The summed E-state index contributed by atoms with van der Waals surface area (Å²) < 4.78 is 10.8. The second kappa shape index (κ2) is 8.17. The number of oxazole rings is 1. The van der Waals surface area contributed by atoms with Crippen molar-refractivity contribution in [2.24, 2.45) is 0 Å². The first-order valence-electron chi connectivity index (χ1n) is 8.67. The lowest BCUT2D eigenvalue weighted by molar-refractivity contribution is -0.155. The molecule has 0 aliphatic carbocycles. The van der Waals surface area contributed by atoms with Crippen LogP contribution in [0.5, 0.6) is 0 Å². The molecule has 1 N–H and O–H groups in total. The van der Waals surface area contributed by atoms with Crippen LogP contribution in [0.3, 0.4) is 0 Å². The topological polar surface area (TPSA) is 81.4 Å². The molecule has 2 rings (SSSR count). The lowest BCUT2D eigenvalue weighted by Gasteiger charge is -2.23. The molecule has 140 valence electrons. The van der Waals surface area contributed by atoms with Crippen molar-refractivity contribution in [1.29, 1.82) is 0 Å². The number of benzene rings is 1. The monoisotopic (exact) mass is 358 g/mol. The largest absolute Gasteiger partial charge is 0.453 e. The van der Waals surface area contributed by atoms with Crippen LogP contribution in [-0.4, -0.2) is 28.5 Å². The van der Waals surface area contributed by atoms with Gasteiger partial charge in [-0.15, -0.1) is 0 Å². The van der Waals surface area contributed by atoms with Crippen LogP contribution in [0.1, 0.15) is 45.6 Å². The predicted molar refractivity (Wildman–Crippen MR) is 98.4 cm³/mol. The minimum atomic E-state index is -0.839. The summed E-state index contributed by atoms with van der Waals surface area (Å²) in [5, 5.41) is 2.78. The summed E-state index contributed by atoms with van der Waals surface area (Å²) in [7, 11) is 0. The number of carbonyl (C=O) groups is 2. The van der Waals surface area contributed by atoms with Gasteiger partial charge in [-0.25, -0.2) is 4.98 Å². The Labute approximate surface area is 154 Å². The quantitative estimate of drug-likeness (QED) is 0.800. The van der Waals surface area contributed by atoms with Gasteiger partial charge in [0.2, 0.25) is 0 Å². The van der Waals surface area contributed by atoms with E-state index in [1.165, 1.54) is 5.56 Å². The molecule has 2 aromatic rings. The number of nitrogens with one attached hydrogen (secondary N) is 1. The van der Waals surface area contributed by atoms with Gasteiger partial charge in [-0.3, -0.25) is 9.59 Å². The number of carbonyl (C=O) groups excluding carboxylic acids is 2. The lowest BCUT2D eigenvalue weighted by atomic mass is 10.1. The molecule has 0 saturated heterocycles.